The maximum Gasteiger partial charge on any atom is 0.324 e. The van der Waals surface area contributed by atoms with Crippen LogP contribution in [0.4, 0.5) is 11.4 Å². The van der Waals surface area contributed by atoms with Gasteiger partial charge in [0.25, 0.3) is 15.7 Å². The first kappa shape index (κ1) is 21.3. The number of sulfonamides is 1. The molecular weight excluding hydrogens is 416 g/mol. The van der Waals surface area contributed by atoms with Gasteiger partial charge < -0.3 is 14.6 Å². The summed E-state index contributed by atoms with van der Waals surface area (Å²) in [4.78, 5) is 21.3. The topological polar surface area (TPSA) is 136 Å². The first-order valence-electron chi connectivity index (χ1n) is 7.52. The van der Waals surface area contributed by atoms with Crippen molar-refractivity contribution >= 4 is 39.0 Å². The van der Waals surface area contributed by atoms with Crippen LogP contribution in [0.1, 0.15) is 0 Å². The smallest absolute Gasteiger partial charge is 0.324 e. The Morgan fingerprint density at radius 1 is 1.18 bits per heavy atom. The molecule has 0 aliphatic heterocycles. The minimum absolute atomic E-state index is 0.00939. The number of rotatable bonds is 8. The SMILES string of the molecule is COc1ccc(S(=O)(=O)N(CC(=O)O)c2cc([N+](=O)[O-])ccc2OC)cc1Cl. The fraction of sp³-hybridized carbons (Fsp3) is 0.188. The third-order valence-electron chi connectivity index (χ3n) is 3.63. The lowest BCUT2D eigenvalue weighted by Crippen LogP contribution is -2.36. The maximum atomic E-state index is 13.1. The van der Waals surface area contributed by atoms with E-state index in [1.807, 2.05) is 0 Å². The second-order valence-corrected chi connectivity index (χ2v) is 7.58. The molecule has 150 valence electrons. The lowest BCUT2D eigenvalue weighted by atomic mass is 10.2. The van der Waals surface area contributed by atoms with E-state index in [0.717, 1.165) is 18.2 Å². The molecule has 2 aromatic rings. The number of nitro benzene ring substituents is 1. The Bertz CT molecular complexity index is 1030. The van der Waals surface area contributed by atoms with E-state index in [2.05, 4.69) is 0 Å². The van der Waals surface area contributed by atoms with Crippen LogP contribution in [0.3, 0.4) is 0 Å². The summed E-state index contributed by atoms with van der Waals surface area (Å²) in [6.45, 7) is -0.997. The Morgan fingerprint density at radius 2 is 1.79 bits per heavy atom. The molecule has 2 aromatic carbocycles. The summed E-state index contributed by atoms with van der Waals surface area (Å²) in [6.07, 6.45) is 0. The van der Waals surface area contributed by atoms with Gasteiger partial charge in [-0.2, -0.15) is 0 Å². The number of carboxylic acids is 1. The van der Waals surface area contributed by atoms with Gasteiger partial charge in [-0.05, 0) is 24.3 Å². The molecule has 0 atom stereocenters. The molecule has 0 aromatic heterocycles. The summed E-state index contributed by atoms with van der Waals surface area (Å²) in [5, 5.41) is 20.3. The Balaban J connectivity index is 2.70. The largest absolute Gasteiger partial charge is 0.495 e. The zero-order valence-corrected chi connectivity index (χ0v) is 16.2. The fourth-order valence-electron chi connectivity index (χ4n) is 2.34. The predicted octanol–water partition coefficient (Wildman–Crippen LogP) is 2.55. The second kappa shape index (κ2) is 8.31. The summed E-state index contributed by atoms with van der Waals surface area (Å²) in [5.74, 6) is -1.31. The predicted molar refractivity (Wildman–Crippen MR) is 99.8 cm³/mol. The first-order valence-corrected chi connectivity index (χ1v) is 9.34. The molecular formula is C16H15ClN2O8S. The van der Waals surface area contributed by atoms with Crippen molar-refractivity contribution in [2.75, 3.05) is 25.1 Å². The van der Waals surface area contributed by atoms with Gasteiger partial charge in [-0.3, -0.25) is 19.2 Å². The first-order chi connectivity index (χ1) is 13.1. The highest BCUT2D eigenvalue weighted by Crippen LogP contribution is 2.36. The van der Waals surface area contributed by atoms with Crippen LogP contribution in [0.25, 0.3) is 0 Å². The molecule has 10 nitrogen and oxygen atoms in total. The number of anilines is 1. The van der Waals surface area contributed by atoms with Crippen LogP contribution in [0, 0.1) is 10.1 Å². The number of hydrogen-bond donors (Lipinski definition) is 1. The molecule has 0 aliphatic carbocycles. The van der Waals surface area contributed by atoms with Gasteiger partial charge in [0.1, 0.15) is 23.7 Å². The van der Waals surface area contributed by atoms with Gasteiger partial charge in [0.05, 0.1) is 29.1 Å². The van der Waals surface area contributed by atoms with Gasteiger partial charge in [0.2, 0.25) is 0 Å². The molecule has 0 unspecified atom stereocenters. The third kappa shape index (κ3) is 4.26. The minimum atomic E-state index is -4.46. The molecule has 0 spiro atoms. The van der Waals surface area contributed by atoms with E-state index in [1.165, 1.54) is 32.4 Å². The highest BCUT2D eigenvalue weighted by Gasteiger charge is 2.31. The number of nitrogens with zero attached hydrogens (tertiary/aromatic N) is 2. The fourth-order valence-corrected chi connectivity index (χ4v) is 4.11. The average Bonchev–Trinajstić information content (AvgIpc) is 2.65. The van der Waals surface area contributed by atoms with Gasteiger partial charge in [0, 0.05) is 12.1 Å². The molecule has 12 heteroatoms. The van der Waals surface area contributed by atoms with Crippen LogP contribution in [-0.4, -0.2) is 45.2 Å². The number of ether oxygens (including phenoxy) is 2. The molecule has 0 aliphatic rings. The van der Waals surface area contributed by atoms with Crippen LogP contribution in [0.2, 0.25) is 5.02 Å². The zero-order valence-electron chi connectivity index (χ0n) is 14.7. The van der Waals surface area contributed by atoms with Crippen LogP contribution in [0.5, 0.6) is 11.5 Å². The van der Waals surface area contributed by atoms with Crippen molar-refractivity contribution in [1.82, 2.24) is 0 Å². The van der Waals surface area contributed by atoms with E-state index in [0.29, 0.717) is 4.31 Å². The number of carboxylic acid groups (broad SMARTS) is 1. The van der Waals surface area contributed by atoms with E-state index in [4.69, 9.17) is 21.1 Å². The number of aliphatic carboxylic acids is 1. The number of benzene rings is 2. The Kier molecular flexibility index (Phi) is 6.31. The highest BCUT2D eigenvalue weighted by atomic mass is 35.5. The monoisotopic (exact) mass is 430 g/mol. The van der Waals surface area contributed by atoms with Crippen LogP contribution >= 0.6 is 11.6 Å². The zero-order chi connectivity index (χ0) is 21.1. The van der Waals surface area contributed by atoms with Crippen molar-refractivity contribution < 1.29 is 32.7 Å². The number of hydrogen-bond acceptors (Lipinski definition) is 7. The lowest BCUT2D eigenvalue weighted by molar-refractivity contribution is -0.384. The van der Waals surface area contributed by atoms with E-state index in [-0.39, 0.29) is 27.1 Å². The quantitative estimate of drug-likeness (QED) is 0.498. The van der Waals surface area contributed by atoms with E-state index in [9.17, 15) is 28.4 Å². The third-order valence-corrected chi connectivity index (χ3v) is 5.68. The summed E-state index contributed by atoms with van der Waals surface area (Å²) >= 11 is 5.98. The number of carbonyl (C=O) groups is 1. The molecule has 2 rings (SSSR count). The van der Waals surface area contributed by atoms with Crippen molar-refractivity contribution in [2.45, 2.75) is 4.90 Å². The summed E-state index contributed by atoms with van der Waals surface area (Å²) < 4.78 is 36.8. The highest BCUT2D eigenvalue weighted by molar-refractivity contribution is 7.92. The number of halogens is 1. The van der Waals surface area contributed by atoms with Gasteiger partial charge >= 0.3 is 5.97 Å². The molecule has 28 heavy (non-hydrogen) atoms. The van der Waals surface area contributed by atoms with Crippen LogP contribution in [0.15, 0.2) is 41.3 Å². The van der Waals surface area contributed by atoms with Gasteiger partial charge in [-0.15, -0.1) is 0 Å². The van der Waals surface area contributed by atoms with E-state index >= 15 is 0 Å². The van der Waals surface area contributed by atoms with Crippen molar-refractivity contribution in [3.05, 3.63) is 51.5 Å². The summed E-state index contributed by atoms with van der Waals surface area (Å²) in [5.41, 5.74) is -0.736. The van der Waals surface area contributed by atoms with Crippen molar-refractivity contribution in [2.24, 2.45) is 0 Å². The molecule has 0 heterocycles. The molecule has 0 saturated heterocycles. The Morgan fingerprint density at radius 3 is 2.29 bits per heavy atom. The standard InChI is InChI=1S/C16H15ClN2O8S/c1-26-14-6-4-11(8-12(14)17)28(24,25)18(9-16(20)21)13-7-10(19(22)23)3-5-15(13)27-2/h3-8H,9H2,1-2H3,(H,20,21). The van der Waals surface area contributed by atoms with Gasteiger partial charge in [-0.25, -0.2) is 8.42 Å². The Labute approximate surface area is 165 Å². The lowest BCUT2D eigenvalue weighted by Gasteiger charge is -2.24. The molecule has 0 bridgehead atoms. The van der Waals surface area contributed by atoms with Crippen LogP contribution < -0.4 is 13.8 Å². The molecule has 1 N–H and O–H groups in total. The van der Waals surface area contributed by atoms with Gasteiger partial charge in [0.15, 0.2) is 0 Å². The normalized spacial score (nSPS) is 11.0. The van der Waals surface area contributed by atoms with Crippen LogP contribution in [-0.2, 0) is 14.8 Å². The molecule has 0 amide bonds. The molecule has 0 saturated carbocycles. The summed E-state index contributed by atoms with van der Waals surface area (Å²) in [7, 11) is -1.89. The summed E-state index contributed by atoms with van der Waals surface area (Å²) in [6, 6.07) is 6.79. The Hall–Kier alpha value is -3.05. The maximum absolute atomic E-state index is 13.1. The van der Waals surface area contributed by atoms with Crippen molar-refractivity contribution in [3.8, 4) is 11.5 Å². The van der Waals surface area contributed by atoms with E-state index in [1.54, 1.807) is 0 Å². The minimum Gasteiger partial charge on any atom is -0.495 e. The average molecular weight is 431 g/mol. The molecule has 0 radical (unpaired) electrons. The molecule has 0 fully saturated rings. The van der Waals surface area contributed by atoms with Crippen molar-refractivity contribution in [1.29, 1.82) is 0 Å². The number of nitro groups is 1. The van der Waals surface area contributed by atoms with E-state index < -0.39 is 33.1 Å². The van der Waals surface area contributed by atoms with Gasteiger partial charge in [-0.1, -0.05) is 11.6 Å². The number of methoxy groups -OCH3 is 2. The van der Waals surface area contributed by atoms with Crippen molar-refractivity contribution in [3.63, 3.8) is 0 Å². The second-order valence-electron chi connectivity index (χ2n) is 5.32. The number of non-ortho nitro benzene ring substituents is 1.